The van der Waals surface area contributed by atoms with Crippen LogP contribution in [-0.4, -0.2) is 12.4 Å². The summed E-state index contributed by atoms with van der Waals surface area (Å²) in [7, 11) is 0. The van der Waals surface area contributed by atoms with E-state index in [-0.39, 0.29) is 5.41 Å². The molecule has 1 aromatic rings. The molecule has 0 saturated heterocycles. The zero-order chi connectivity index (χ0) is 12.2. The van der Waals surface area contributed by atoms with Crippen LogP contribution in [0.25, 0.3) is 0 Å². The molecule has 0 aliphatic rings. The van der Waals surface area contributed by atoms with Crippen molar-refractivity contribution in [3.63, 3.8) is 0 Å². The van der Waals surface area contributed by atoms with Gasteiger partial charge in [-0.3, -0.25) is 0 Å². The topological polar surface area (TPSA) is 26.0 Å². The van der Waals surface area contributed by atoms with Gasteiger partial charge in [0.1, 0.15) is 0 Å². The normalized spacial score (nSPS) is 14.5. The molecule has 0 heterocycles. The van der Waals surface area contributed by atoms with E-state index >= 15 is 0 Å². The summed E-state index contributed by atoms with van der Waals surface area (Å²) in [4.78, 5) is 0. The largest absolute Gasteiger partial charge is 0.329 e. The first-order chi connectivity index (χ1) is 7.59. The lowest BCUT2D eigenvalue weighted by atomic mass is 9.78. The highest BCUT2D eigenvalue weighted by Gasteiger charge is 2.27. The predicted octanol–water partition coefficient (Wildman–Crippen LogP) is 4.00. The Morgan fingerprint density at radius 2 is 2.00 bits per heavy atom. The van der Waals surface area contributed by atoms with Crippen molar-refractivity contribution in [2.45, 2.75) is 11.8 Å². The lowest BCUT2D eigenvalue weighted by Crippen LogP contribution is -2.33. The first-order valence-corrected chi connectivity index (χ1v) is 6.24. The number of alkyl halides is 1. The second-order valence-corrected chi connectivity index (χ2v) is 4.82. The van der Waals surface area contributed by atoms with Gasteiger partial charge in [0.15, 0.2) is 0 Å². The SMILES string of the molecule is C=C[C@](CN)(CCCl)c1ccc(Cl)c(Cl)c1. The van der Waals surface area contributed by atoms with Crippen molar-refractivity contribution < 1.29 is 0 Å². The predicted molar refractivity (Wildman–Crippen MR) is 72.7 cm³/mol. The number of hydrogen-bond acceptors (Lipinski definition) is 1. The van der Waals surface area contributed by atoms with E-state index in [0.717, 1.165) is 12.0 Å². The monoisotopic (exact) mass is 277 g/mol. The third kappa shape index (κ3) is 2.72. The van der Waals surface area contributed by atoms with E-state index in [1.807, 2.05) is 18.2 Å². The van der Waals surface area contributed by atoms with E-state index in [0.29, 0.717) is 22.5 Å². The first kappa shape index (κ1) is 13.9. The van der Waals surface area contributed by atoms with Crippen molar-refractivity contribution in [2.24, 2.45) is 5.73 Å². The molecule has 4 heteroatoms. The Bertz CT molecular complexity index is 379. The Balaban J connectivity index is 3.20. The van der Waals surface area contributed by atoms with Crippen molar-refractivity contribution in [1.82, 2.24) is 0 Å². The van der Waals surface area contributed by atoms with E-state index < -0.39 is 0 Å². The molecule has 0 radical (unpaired) electrons. The summed E-state index contributed by atoms with van der Waals surface area (Å²) in [6, 6.07) is 5.50. The van der Waals surface area contributed by atoms with Gasteiger partial charge in [-0.05, 0) is 24.1 Å². The molecule has 0 spiro atoms. The number of rotatable bonds is 5. The maximum atomic E-state index is 5.99. The molecular weight excluding hydrogens is 264 g/mol. The van der Waals surface area contributed by atoms with Crippen LogP contribution in [0.3, 0.4) is 0 Å². The Kier molecular flexibility index (Phi) is 5.13. The van der Waals surface area contributed by atoms with Gasteiger partial charge in [0.05, 0.1) is 10.0 Å². The molecule has 1 nitrogen and oxygen atoms in total. The Labute approximate surface area is 111 Å². The van der Waals surface area contributed by atoms with E-state index in [4.69, 9.17) is 40.5 Å². The van der Waals surface area contributed by atoms with Gasteiger partial charge >= 0.3 is 0 Å². The summed E-state index contributed by atoms with van der Waals surface area (Å²) < 4.78 is 0. The molecular formula is C12H14Cl3N. The van der Waals surface area contributed by atoms with Crippen LogP contribution in [-0.2, 0) is 5.41 Å². The van der Waals surface area contributed by atoms with E-state index in [1.165, 1.54) is 0 Å². The zero-order valence-electron chi connectivity index (χ0n) is 8.85. The maximum Gasteiger partial charge on any atom is 0.0595 e. The Morgan fingerprint density at radius 1 is 1.31 bits per heavy atom. The lowest BCUT2D eigenvalue weighted by Gasteiger charge is -2.29. The summed E-state index contributed by atoms with van der Waals surface area (Å²) in [5.41, 5.74) is 6.50. The highest BCUT2D eigenvalue weighted by atomic mass is 35.5. The fourth-order valence-corrected chi connectivity index (χ4v) is 2.28. The Hall–Kier alpha value is -0.210. The van der Waals surface area contributed by atoms with Gasteiger partial charge in [0.25, 0.3) is 0 Å². The van der Waals surface area contributed by atoms with Crippen LogP contribution in [0.15, 0.2) is 30.9 Å². The van der Waals surface area contributed by atoms with Gasteiger partial charge in [-0.25, -0.2) is 0 Å². The zero-order valence-corrected chi connectivity index (χ0v) is 11.1. The van der Waals surface area contributed by atoms with Crippen LogP contribution in [0.2, 0.25) is 10.0 Å². The lowest BCUT2D eigenvalue weighted by molar-refractivity contribution is 0.531. The minimum atomic E-state index is -0.323. The molecule has 88 valence electrons. The van der Waals surface area contributed by atoms with Crippen LogP contribution < -0.4 is 5.73 Å². The maximum absolute atomic E-state index is 5.99. The molecule has 0 fully saturated rings. The summed E-state index contributed by atoms with van der Waals surface area (Å²) in [6.07, 6.45) is 2.56. The van der Waals surface area contributed by atoms with Gasteiger partial charge in [0.2, 0.25) is 0 Å². The summed E-state index contributed by atoms with van der Waals surface area (Å²) in [5.74, 6) is 0.517. The van der Waals surface area contributed by atoms with Crippen LogP contribution in [0, 0.1) is 0 Å². The molecule has 0 aliphatic carbocycles. The van der Waals surface area contributed by atoms with Crippen LogP contribution in [0.4, 0.5) is 0 Å². The van der Waals surface area contributed by atoms with Crippen molar-refractivity contribution in [2.75, 3.05) is 12.4 Å². The second-order valence-electron chi connectivity index (χ2n) is 3.63. The van der Waals surface area contributed by atoms with E-state index in [2.05, 4.69) is 6.58 Å². The van der Waals surface area contributed by atoms with Gasteiger partial charge in [-0.1, -0.05) is 35.3 Å². The number of benzene rings is 1. The molecule has 1 atom stereocenters. The minimum absolute atomic E-state index is 0.323. The molecule has 1 aromatic carbocycles. The minimum Gasteiger partial charge on any atom is -0.329 e. The molecule has 0 bridgehead atoms. The molecule has 0 aromatic heterocycles. The molecule has 2 N–H and O–H groups in total. The van der Waals surface area contributed by atoms with Crippen molar-refractivity contribution in [3.8, 4) is 0 Å². The first-order valence-electron chi connectivity index (χ1n) is 4.95. The van der Waals surface area contributed by atoms with Crippen molar-refractivity contribution in [1.29, 1.82) is 0 Å². The molecule has 0 unspecified atom stereocenters. The summed E-state index contributed by atoms with van der Waals surface area (Å²) >= 11 is 17.7. The van der Waals surface area contributed by atoms with Crippen LogP contribution in [0.1, 0.15) is 12.0 Å². The van der Waals surface area contributed by atoms with E-state index in [1.54, 1.807) is 6.07 Å². The quantitative estimate of drug-likeness (QED) is 0.639. The Morgan fingerprint density at radius 3 is 2.44 bits per heavy atom. The van der Waals surface area contributed by atoms with Crippen molar-refractivity contribution >= 4 is 34.8 Å². The van der Waals surface area contributed by atoms with Crippen LogP contribution in [0.5, 0.6) is 0 Å². The van der Waals surface area contributed by atoms with Crippen LogP contribution >= 0.6 is 34.8 Å². The molecule has 0 amide bonds. The molecule has 16 heavy (non-hydrogen) atoms. The second kappa shape index (κ2) is 5.92. The summed E-state index contributed by atoms with van der Waals surface area (Å²) in [5, 5.41) is 1.06. The molecule has 0 saturated carbocycles. The van der Waals surface area contributed by atoms with Gasteiger partial charge in [-0.15, -0.1) is 18.2 Å². The number of halogens is 3. The summed E-state index contributed by atoms with van der Waals surface area (Å²) in [6.45, 7) is 4.28. The fourth-order valence-electron chi connectivity index (χ4n) is 1.64. The standard InChI is InChI=1S/C12H14Cl3N/c1-2-12(8-16,5-6-13)9-3-4-10(14)11(15)7-9/h2-4,7H,1,5-6,8,16H2/t12-/m1/s1. The third-order valence-corrected chi connectivity index (χ3v) is 3.72. The number of nitrogens with two attached hydrogens (primary N) is 1. The average molecular weight is 279 g/mol. The fraction of sp³-hybridized carbons (Fsp3) is 0.333. The molecule has 1 rings (SSSR count). The third-order valence-electron chi connectivity index (χ3n) is 2.79. The van der Waals surface area contributed by atoms with E-state index in [9.17, 15) is 0 Å². The highest BCUT2D eigenvalue weighted by Crippen LogP contribution is 2.33. The molecule has 0 aliphatic heterocycles. The van der Waals surface area contributed by atoms with Gasteiger partial charge < -0.3 is 5.73 Å². The average Bonchev–Trinajstić information content (AvgIpc) is 2.30. The smallest absolute Gasteiger partial charge is 0.0595 e. The van der Waals surface area contributed by atoms with Gasteiger partial charge in [-0.2, -0.15) is 0 Å². The number of hydrogen-bond donors (Lipinski definition) is 1. The van der Waals surface area contributed by atoms with Crippen molar-refractivity contribution in [3.05, 3.63) is 46.5 Å². The highest BCUT2D eigenvalue weighted by molar-refractivity contribution is 6.42. The van der Waals surface area contributed by atoms with Gasteiger partial charge in [0, 0.05) is 17.8 Å².